The van der Waals surface area contributed by atoms with E-state index in [-0.39, 0.29) is 19.6 Å². The molecule has 2 rings (SSSR count). The van der Waals surface area contributed by atoms with Crippen LogP contribution in [0.15, 0.2) is 24.4 Å². The number of thioether (sulfide) groups is 1. The summed E-state index contributed by atoms with van der Waals surface area (Å²) in [7, 11) is 0.177. The quantitative estimate of drug-likeness (QED) is 0.762. The van der Waals surface area contributed by atoms with Crippen molar-refractivity contribution < 1.29 is 4.57 Å². The first-order valence-electron chi connectivity index (χ1n) is 4.01. The van der Waals surface area contributed by atoms with Crippen LogP contribution in [-0.2, 0) is 4.57 Å². The molecule has 1 N–H and O–H groups in total. The Morgan fingerprint density at radius 3 is 3.15 bits per heavy atom. The zero-order valence-corrected chi connectivity index (χ0v) is 8.59. The van der Waals surface area contributed by atoms with Crippen LogP contribution in [-0.4, -0.2) is 16.5 Å². The fraction of sp³-hybridized carbons (Fsp3) is 0.375. The highest BCUT2D eigenvalue weighted by molar-refractivity contribution is 8.00. The monoisotopic (exact) mass is 212 g/mol. The van der Waals surface area contributed by atoms with Gasteiger partial charge < -0.3 is 0 Å². The average Bonchev–Trinajstić information content (AvgIpc) is 2.67. The lowest BCUT2D eigenvalue weighted by Crippen LogP contribution is -2.20. The van der Waals surface area contributed by atoms with Crippen molar-refractivity contribution in [2.45, 2.75) is 11.2 Å². The SMILES string of the molecule is O=PC1CSC(c2ccccn2)N1. The van der Waals surface area contributed by atoms with Gasteiger partial charge in [0.15, 0.2) is 8.46 Å². The Labute approximate surface area is 82.5 Å². The first-order valence-corrected chi connectivity index (χ1v) is 5.94. The second-order valence-electron chi connectivity index (χ2n) is 2.76. The number of nitrogens with one attached hydrogen (secondary N) is 1. The topological polar surface area (TPSA) is 42.0 Å². The van der Waals surface area contributed by atoms with Gasteiger partial charge in [0.05, 0.1) is 16.9 Å². The van der Waals surface area contributed by atoms with E-state index in [2.05, 4.69) is 10.3 Å². The summed E-state index contributed by atoms with van der Waals surface area (Å²) >= 11 is 1.75. The molecule has 3 nitrogen and oxygen atoms in total. The summed E-state index contributed by atoms with van der Waals surface area (Å²) in [5, 5.41) is 3.43. The molecule has 2 atom stereocenters. The molecule has 0 saturated carbocycles. The Morgan fingerprint density at radius 2 is 2.54 bits per heavy atom. The van der Waals surface area contributed by atoms with Gasteiger partial charge >= 0.3 is 0 Å². The fourth-order valence-electron chi connectivity index (χ4n) is 1.22. The van der Waals surface area contributed by atoms with E-state index in [1.807, 2.05) is 18.2 Å². The van der Waals surface area contributed by atoms with E-state index in [1.165, 1.54) is 0 Å². The van der Waals surface area contributed by atoms with Crippen molar-refractivity contribution in [2.24, 2.45) is 0 Å². The Hall–Kier alpha value is -0.440. The zero-order chi connectivity index (χ0) is 9.10. The van der Waals surface area contributed by atoms with E-state index >= 15 is 0 Å². The zero-order valence-electron chi connectivity index (χ0n) is 6.88. The van der Waals surface area contributed by atoms with Gasteiger partial charge in [0.25, 0.3) is 0 Å². The standard InChI is InChI=1S/C8H9N2OPS/c11-12-7-5-13-8(10-7)6-3-1-2-4-9-6/h1-4,7-8,10H,5H2. The summed E-state index contributed by atoms with van der Waals surface area (Å²) in [6, 6.07) is 5.84. The molecule has 1 fully saturated rings. The lowest BCUT2D eigenvalue weighted by Gasteiger charge is -2.08. The largest absolute Gasteiger partial charge is 0.287 e. The fourth-order valence-corrected chi connectivity index (χ4v) is 3.08. The molecule has 0 spiro atoms. The van der Waals surface area contributed by atoms with Gasteiger partial charge in [-0.25, -0.2) is 0 Å². The van der Waals surface area contributed by atoms with Crippen LogP contribution in [0.2, 0.25) is 0 Å². The summed E-state index contributed by atoms with van der Waals surface area (Å²) in [6.07, 6.45) is 1.78. The molecule has 1 aromatic rings. The van der Waals surface area contributed by atoms with Crippen LogP contribution in [0, 0.1) is 0 Å². The lowest BCUT2D eigenvalue weighted by molar-refractivity contribution is 0.581. The first-order chi connectivity index (χ1) is 6.40. The van der Waals surface area contributed by atoms with Gasteiger partial charge in [-0.05, 0) is 12.1 Å². The van der Waals surface area contributed by atoms with Crippen LogP contribution in [0.4, 0.5) is 0 Å². The van der Waals surface area contributed by atoms with Gasteiger partial charge in [-0.1, -0.05) is 6.07 Å². The molecule has 2 unspecified atom stereocenters. The maximum atomic E-state index is 10.6. The minimum atomic E-state index is 0.0806. The molecule has 2 heterocycles. The van der Waals surface area contributed by atoms with Gasteiger partial charge in [-0.15, -0.1) is 11.8 Å². The van der Waals surface area contributed by atoms with Crippen LogP contribution in [0.1, 0.15) is 11.1 Å². The molecule has 0 radical (unpaired) electrons. The molecule has 0 aromatic carbocycles. The van der Waals surface area contributed by atoms with Crippen LogP contribution in [0.3, 0.4) is 0 Å². The normalized spacial score (nSPS) is 28.0. The van der Waals surface area contributed by atoms with Gasteiger partial charge in [0.2, 0.25) is 0 Å². The third-order valence-electron chi connectivity index (χ3n) is 1.85. The highest BCUT2D eigenvalue weighted by Gasteiger charge is 2.26. The van der Waals surface area contributed by atoms with E-state index in [1.54, 1.807) is 18.0 Å². The van der Waals surface area contributed by atoms with Gasteiger partial charge in [-0.3, -0.25) is 14.9 Å². The molecule has 1 aliphatic rings. The highest BCUT2D eigenvalue weighted by Crippen LogP contribution is 2.34. The Balaban J connectivity index is 2.08. The molecule has 0 amide bonds. The Morgan fingerprint density at radius 1 is 1.62 bits per heavy atom. The van der Waals surface area contributed by atoms with Crippen molar-refractivity contribution in [3.05, 3.63) is 30.1 Å². The minimum Gasteiger partial charge on any atom is -0.287 e. The molecular weight excluding hydrogens is 203 g/mol. The maximum Gasteiger partial charge on any atom is 0.175 e. The van der Waals surface area contributed by atoms with Crippen LogP contribution in [0.25, 0.3) is 0 Å². The number of aromatic nitrogens is 1. The molecule has 13 heavy (non-hydrogen) atoms. The van der Waals surface area contributed by atoms with E-state index in [0.717, 1.165) is 11.4 Å². The Kier molecular flexibility index (Phi) is 2.94. The smallest absolute Gasteiger partial charge is 0.175 e. The van der Waals surface area contributed by atoms with Crippen LogP contribution < -0.4 is 5.32 Å². The van der Waals surface area contributed by atoms with Gasteiger partial charge in [0, 0.05) is 11.9 Å². The highest BCUT2D eigenvalue weighted by atomic mass is 32.2. The molecule has 1 saturated heterocycles. The molecule has 5 heteroatoms. The maximum absolute atomic E-state index is 10.6. The summed E-state index contributed by atoms with van der Waals surface area (Å²) in [6.45, 7) is 0. The molecule has 1 aliphatic heterocycles. The molecular formula is C8H9N2OPS. The predicted octanol–water partition coefficient (Wildman–Crippen LogP) is 2.03. The third kappa shape index (κ3) is 2.08. The number of rotatable bonds is 2. The lowest BCUT2D eigenvalue weighted by atomic mass is 10.3. The molecule has 0 aliphatic carbocycles. The summed E-state index contributed by atoms with van der Waals surface area (Å²) in [4.78, 5) is 4.24. The van der Waals surface area contributed by atoms with Gasteiger partial charge in [0.1, 0.15) is 0 Å². The van der Waals surface area contributed by atoms with E-state index in [9.17, 15) is 4.57 Å². The summed E-state index contributed by atoms with van der Waals surface area (Å²) in [5.74, 6) is 0.962. The second-order valence-corrected chi connectivity index (χ2v) is 4.73. The first kappa shape index (κ1) is 9.13. The molecule has 68 valence electrons. The van der Waals surface area contributed by atoms with Crippen molar-refractivity contribution in [1.29, 1.82) is 0 Å². The van der Waals surface area contributed by atoms with Crippen molar-refractivity contribution in [2.75, 3.05) is 5.75 Å². The number of hydrogen-bond acceptors (Lipinski definition) is 4. The third-order valence-corrected chi connectivity index (χ3v) is 3.92. The second kappa shape index (κ2) is 4.18. The van der Waals surface area contributed by atoms with Gasteiger partial charge in [-0.2, -0.15) is 0 Å². The van der Waals surface area contributed by atoms with Crippen molar-refractivity contribution in [3.8, 4) is 0 Å². The van der Waals surface area contributed by atoms with Crippen molar-refractivity contribution in [3.63, 3.8) is 0 Å². The summed E-state index contributed by atoms with van der Waals surface area (Å²) < 4.78 is 10.6. The average molecular weight is 212 g/mol. The van der Waals surface area contributed by atoms with Crippen molar-refractivity contribution in [1.82, 2.24) is 10.3 Å². The van der Waals surface area contributed by atoms with E-state index < -0.39 is 0 Å². The summed E-state index contributed by atoms with van der Waals surface area (Å²) in [5.41, 5.74) is 1.01. The van der Waals surface area contributed by atoms with E-state index in [0.29, 0.717) is 0 Å². The van der Waals surface area contributed by atoms with E-state index in [4.69, 9.17) is 0 Å². The number of pyridine rings is 1. The van der Waals surface area contributed by atoms with Crippen LogP contribution in [0.5, 0.6) is 0 Å². The number of nitrogens with zero attached hydrogens (tertiary/aromatic N) is 1. The van der Waals surface area contributed by atoms with Crippen molar-refractivity contribution >= 4 is 20.2 Å². The number of hydrogen-bond donors (Lipinski definition) is 1. The molecule has 1 aromatic heterocycles. The Bertz CT molecular complexity index is 295. The predicted molar refractivity (Wildman–Crippen MR) is 54.0 cm³/mol. The molecule has 0 bridgehead atoms. The minimum absolute atomic E-state index is 0.0806. The van der Waals surface area contributed by atoms with Crippen LogP contribution >= 0.6 is 20.2 Å².